The van der Waals surface area contributed by atoms with E-state index in [1.807, 2.05) is 6.92 Å². The second-order valence-electron chi connectivity index (χ2n) is 5.61. The van der Waals surface area contributed by atoms with Crippen molar-refractivity contribution in [2.75, 3.05) is 13.1 Å². The highest BCUT2D eigenvalue weighted by molar-refractivity contribution is 5.76. The van der Waals surface area contributed by atoms with Gasteiger partial charge >= 0.3 is 5.97 Å². The minimum Gasteiger partial charge on any atom is -0.481 e. The van der Waals surface area contributed by atoms with Crippen LogP contribution in [-0.4, -0.2) is 30.1 Å². The van der Waals surface area contributed by atoms with E-state index in [4.69, 9.17) is 10.8 Å². The molecule has 0 aliphatic heterocycles. The summed E-state index contributed by atoms with van der Waals surface area (Å²) < 4.78 is 0. The highest BCUT2D eigenvalue weighted by Gasteiger charge is 2.17. The highest BCUT2D eigenvalue weighted by atomic mass is 16.4. The Morgan fingerprint density at radius 3 is 2.26 bits per heavy atom. The largest absolute Gasteiger partial charge is 0.481 e. The number of nitrogens with one attached hydrogen (secondary N) is 1. The van der Waals surface area contributed by atoms with Crippen molar-refractivity contribution >= 4 is 11.9 Å². The number of rotatable bonds is 10. The molecule has 2 unspecified atom stereocenters. The van der Waals surface area contributed by atoms with Crippen LogP contribution < -0.4 is 11.1 Å². The minimum atomic E-state index is -0.812. The Balaban J connectivity index is 4.14. The van der Waals surface area contributed by atoms with E-state index in [2.05, 4.69) is 19.2 Å². The molecule has 0 bridgehead atoms. The lowest BCUT2D eigenvalue weighted by Gasteiger charge is -2.19. The third-order valence-corrected chi connectivity index (χ3v) is 3.24. The van der Waals surface area contributed by atoms with Gasteiger partial charge in [-0.25, -0.2) is 0 Å². The lowest BCUT2D eigenvalue weighted by atomic mass is 9.94. The van der Waals surface area contributed by atoms with E-state index in [1.165, 1.54) is 0 Å². The fourth-order valence-corrected chi connectivity index (χ4v) is 2.14. The summed E-state index contributed by atoms with van der Waals surface area (Å²) in [6.45, 7) is 7.06. The first-order valence-electron chi connectivity index (χ1n) is 7.07. The molecule has 0 fully saturated rings. The molecule has 0 saturated carbocycles. The molecular weight excluding hydrogens is 244 g/mol. The second kappa shape index (κ2) is 9.78. The molecule has 0 heterocycles. The van der Waals surface area contributed by atoms with E-state index in [0.29, 0.717) is 25.4 Å². The van der Waals surface area contributed by atoms with Gasteiger partial charge in [-0.3, -0.25) is 9.59 Å². The van der Waals surface area contributed by atoms with Gasteiger partial charge in [0.1, 0.15) is 0 Å². The number of aliphatic carboxylic acids is 1. The van der Waals surface area contributed by atoms with E-state index >= 15 is 0 Å². The Morgan fingerprint density at radius 1 is 1.21 bits per heavy atom. The molecule has 5 heteroatoms. The third-order valence-electron chi connectivity index (χ3n) is 3.24. The Bertz CT molecular complexity index is 276. The standard InChI is InChI=1S/C14H28N2O3/c1-4-11(8-15)6-13(17)16-9-12(5-10(2)3)7-14(18)19/h10-12H,4-9,15H2,1-3H3,(H,16,17)(H,18,19). The number of hydrogen-bond donors (Lipinski definition) is 3. The lowest BCUT2D eigenvalue weighted by Crippen LogP contribution is -2.33. The van der Waals surface area contributed by atoms with Gasteiger partial charge in [-0.1, -0.05) is 27.2 Å². The molecule has 0 aromatic carbocycles. The summed E-state index contributed by atoms with van der Waals surface area (Å²) >= 11 is 0. The Hall–Kier alpha value is -1.10. The number of hydrogen-bond acceptors (Lipinski definition) is 3. The maximum Gasteiger partial charge on any atom is 0.303 e. The molecular formula is C14H28N2O3. The molecule has 0 aromatic rings. The monoisotopic (exact) mass is 272 g/mol. The molecule has 112 valence electrons. The minimum absolute atomic E-state index is 0.000553. The molecule has 2 atom stereocenters. The average molecular weight is 272 g/mol. The fraction of sp³-hybridized carbons (Fsp3) is 0.857. The molecule has 0 aliphatic carbocycles. The second-order valence-corrected chi connectivity index (χ2v) is 5.61. The zero-order valence-corrected chi connectivity index (χ0v) is 12.3. The van der Waals surface area contributed by atoms with E-state index in [1.54, 1.807) is 0 Å². The van der Waals surface area contributed by atoms with Crippen molar-refractivity contribution in [3.8, 4) is 0 Å². The van der Waals surface area contributed by atoms with Crippen LogP contribution in [0.5, 0.6) is 0 Å². The van der Waals surface area contributed by atoms with Crippen molar-refractivity contribution in [3.05, 3.63) is 0 Å². The van der Waals surface area contributed by atoms with Crippen molar-refractivity contribution in [2.24, 2.45) is 23.5 Å². The third kappa shape index (κ3) is 9.47. The van der Waals surface area contributed by atoms with Crippen molar-refractivity contribution in [1.29, 1.82) is 0 Å². The summed E-state index contributed by atoms with van der Waals surface area (Å²) in [5.41, 5.74) is 5.56. The van der Waals surface area contributed by atoms with Gasteiger partial charge in [0, 0.05) is 19.4 Å². The first-order valence-corrected chi connectivity index (χ1v) is 7.07. The van der Waals surface area contributed by atoms with E-state index in [9.17, 15) is 9.59 Å². The molecule has 19 heavy (non-hydrogen) atoms. The molecule has 0 aliphatic rings. The maximum absolute atomic E-state index is 11.7. The normalized spacial score (nSPS) is 14.2. The smallest absolute Gasteiger partial charge is 0.303 e. The molecule has 5 nitrogen and oxygen atoms in total. The Kier molecular flexibility index (Phi) is 9.21. The zero-order chi connectivity index (χ0) is 14.8. The molecule has 0 saturated heterocycles. The van der Waals surface area contributed by atoms with Crippen molar-refractivity contribution in [1.82, 2.24) is 5.32 Å². The maximum atomic E-state index is 11.7. The summed E-state index contributed by atoms with van der Waals surface area (Å²) in [5, 5.41) is 11.7. The van der Waals surface area contributed by atoms with Gasteiger partial charge < -0.3 is 16.2 Å². The van der Waals surface area contributed by atoms with Crippen LogP contribution in [0, 0.1) is 17.8 Å². The summed E-state index contributed by atoms with van der Waals surface area (Å²) in [7, 11) is 0. The van der Waals surface area contributed by atoms with Crippen LogP contribution in [0.4, 0.5) is 0 Å². The van der Waals surface area contributed by atoms with E-state index in [-0.39, 0.29) is 24.2 Å². The van der Waals surface area contributed by atoms with Gasteiger partial charge in [0.25, 0.3) is 0 Å². The zero-order valence-electron chi connectivity index (χ0n) is 12.3. The number of carbonyl (C=O) groups excluding carboxylic acids is 1. The first-order chi connectivity index (χ1) is 8.88. The molecule has 0 radical (unpaired) electrons. The van der Waals surface area contributed by atoms with Gasteiger partial charge in [-0.2, -0.15) is 0 Å². The van der Waals surface area contributed by atoms with Crippen LogP contribution >= 0.6 is 0 Å². The topological polar surface area (TPSA) is 92.4 Å². The average Bonchev–Trinajstić information content (AvgIpc) is 2.31. The Morgan fingerprint density at radius 2 is 1.84 bits per heavy atom. The number of carbonyl (C=O) groups is 2. The predicted molar refractivity (Wildman–Crippen MR) is 75.7 cm³/mol. The summed E-state index contributed by atoms with van der Waals surface area (Å²) in [5.74, 6) is -0.208. The molecule has 0 rings (SSSR count). The number of carboxylic acid groups (broad SMARTS) is 1. The number of amides is 1. The van der Waals surface area contributed by atoms with Crippen LogP contribution in [0.1, 0.15) is 46.5 Å². The van der Waals surface area contributed by atoms with Crippen molar-refractivity contribution in [2.45, 2.75) is 46.5 Å². The molecule has 1 amide bonds. The quantitative estimate of drug-likeness (QED) is 0.563. The van der Waals surface area contributed by atoms with Gasteiger partial charge in [-0.15, -0.1) is 0 Å². The Labute approximate surface area is 115 Å². The highest BCUT2D eigenvalue weighted by Crippen LogP contribution is 2.15. The SMILES string of the molecule is CCC(CN)CC(=O)NCC(CC(=O)O)CC(C)C. The number of nitrogens with two attached hydrogens (primary N) is 1. The van der Waals surface area contributed by atoms with Crippen molar-refractivity contribution < 1.29 is 14.7 Å². The first kappa shape index (κ1) is 17.9. The summed E-state index contributed by atoms with van der Waals surface area (Å²) in [6.07, 6.45) is 2.22. The summed E-state index contributed by atoms with van der Waals surface area (Å²) in [6, 6.07) is 0. The van der Waals surface area contributed by atoms with Crippen LogP contribution in [0.3, 0.4) is 0 Å². The predicted octanol–water partition coefficient (Wildman–Crippen LogP) is 1.61. The summed E-state index contributed by atoms with van der Waals surface area (Å²) in [4.78, 5) is 22.5. The van der Waals surface area contributed by atoms with Crippen LogP contribution in [0.15, 0.2) is 0 Å². The number of carboxylic acids is 1. The van der Waals surface area contributed by atoms with E-state index in [0.717, 1.165) is 12.8 Å². The van der Waals surface area contributed by atoms with Crippen LogP contribution in [0.2, 0.25) is 0 Å². The van der Waals surface area contributed by atoms with Gasteiger partial charge in [-0.05, 0) is 30.7 Å². The fourth-order valence-electron chi connectivity index (χ4n) is 2.14. The van der Waals surface area contributed by atoms with Gasteiger partial charge in [0.15, 0.2) is 0 Å². The van der Waals surface area contributed by atoms with E-state index < -0.39 is 5.97 Å². The molecule has 4 N–H and O–H groups in total. The van der Waals surface area contributed by atoms with Crippen LogP contribution in [0.25, 0.3) is 0 Å². The molecule has 0 spiro atoms. The molecule has 0 aromatic heterocycles. The van der Waals surface area contributed by atoms with Gasteiger partial charge in [0.2, 0.25) is 5.91 Å². The van der Waals surface area contributed by atoms with Crippen molar-refractivity contribution in [3.63, 3.8) is 0 Å². The van der Waals surface area contributed by atoms with Gasteiger partial charge in [0.05, 0.1) is 0 Å². The lowest BCUT2D eigenvalue weighted by molar-refractivity contribution is -0.138. The van der Waals surface area contributed by atoms with Crippen LogP contribution in [-0.2, 0) is 9.59 Å².